The van der Waals surface area contributed by atoms with Crippen molar-refractivity contribution in [3.05, 3.63) is 33.4 Å². The van der Waals surface area contributed by atoms with E-state index in [4.69, 9.17) is 0 Å². The normalized spacial score (nSPS) is 13.6. The van der Waals surface area contributed by atoms with Crippen LogP contribution in [-0.4, -0.2) is 12.7 Å². The molecule has 0 saturated heterocycles. The van der Waals surface area contributed by atoms with Crippen molar-refractivity contribution >= 4 is 22.6 Å². The molecule has 0 saturated carbocycles. The van der Waals surface area contributed by atoms with Crippen molar-refractivity contribution < 1.29 is 13.2 Å². The smallest absolute Gasteiger partial charge is 0.310 e. The van der Waals surface area contributed by atoms with Gasteiger partial charge in [0.15, 0.2) is 0 Å². The fraction of sp³-hybridized carbons (Fsp3) is 0.538. The van der Waals surface area contributed by atoms with Crippen molar-refractivity contribution in [1.82, 2.24) is 5.32 Å². The zero-order chi connectivity index (χ0) is 13.6. The molecule has 5 heteroatoms. The Morgan fingerprint density at radius 1 is 1.22 bits per heavy atom. The average Bonchev–Trinajstić information content (AvgIpc) is 2.27. The van der Waals surface area contributed by atoms with Crippen molar-refractivity contribution in [3.8, 4) is 0 Å². The van der Waals surface area contributed by atoms with Crippen LogP contribution in [0.1, 0.15) is 37.8 Å². The van der Waals surface area contributed by atoms with Crippen LogP contribution < -0.4 is 5.32 Å². The van der Waals surface area contributed by atoms with E-state index in [1.54, 1.807) is 0 Å². The van der Waals surface area contributed by atoms with Crippen LogP contribution in [0.4, 0.5) is 13.2 Å². The Kier molecular flexibility index (Phi) is 6.42. The number of hydrogen-bond donors (Lipinski definition) is 1. The summed E-state index contributed by atoms with van der Waals surface area (Å²) >= 11 is 2.21. The molecule has 0 radical (unpaired) electrons. The van der Waals surface area contributed by atoms with Gasteiger partial charge in [-0.05, 0) is 59.7 Å². The molecule has 1 N–H and O–H groups in total. The predicted octanol–water partition coefficient (Wildman–Crippen LogP) is 4.67. The zero-order valence-corrected chi connectivity index (χ0v) is 12.4. The minimum absolute atomic E-state index is 0.00866. The Morgan fingerprint density at radius 3 is 2.33 bits per heavy atom. The van der Waals surface area contributed by atoms with Crippen LogP contribution in [0.25, 0.3) is 0 Å². The van der Waals surface area contributed by atoms with Crippen molar-refractivity contribution in [3.63, 3.8) is 0 Å². The molecule has 1 nitrogen and oxygen atoms in total. The van der Waals surface area contributed by atoms with Gasteiger partial charge in [-0.2, -0.15) is 13.2 Å². The third-order valence-electron chi connectivity index (χ3n) is 2.68. The molecule has 102 valence electrons. The highest BCUT2D eigenvalue weighted by Gasteiger charge is 2.26. The number of benzene rings is 1. The molecule has 1 unspecified atom stereocenters. The second kappa shape index (κ2) is 7.33. The van der Waals surface area contributed by atoms with Crippen LogP contribution in [0.5, 0.6) is 0 Å². The lowest BCUT2D eigenvalue weighted by Gasteiger charge is -2.19. The van der Waals surface area contributed by atoms with Gasteiger partial charge in [0.05, 0.1) is 0 Å². The van der Waals surface area contributed by atoms with E-state index < -0.39 is 12.6 Å². The van der Waals surface area contributed by atoms with Crippen molar-refractivity contribution in [2.45, 2.75) is 38.4 Å². The molecule has 0 heterocycles. The van der Waals surface area contributed by atoms with Gasteiger partial charge < -0.3 is 5.32 Å². The van der Waals surface area contributed by atoms with Crippen LogP contribution in [0.2, 0.25) is 0 Å². The Hall–Kier alpha value is -0.300. The third kappa shape index (κ3) is 6.04. The predicted molar refractivity (Wildman–Crippen MR) is 75.5 cm³/mol. The molecule has 0 spiro atoms. The van der Waals surface area contributed by atoms with Crippen LogP contribution in [0.3, 0.4) is 0 Å². The maximum absolute atomic E-state index is 12.1. The molecule has 1 aromatic carbocycles. The molecule has 1 rings (SSSR count). The SMILES string of the molecule is CCNC(CCCC(F)(F)F)c1ccc(I)cc1. The number of alkyl halides is 3. The van der Waals surface area contributed by atoms with Crippen LogP contribution in [0, 0.1) is 3.57 Å². The van der Waals surface area contributed by atoms with Crippen molar-refractivity contribution in [2.75, 3.05) is 6.54 Å². The third-order valence-corrected chi connectivity index (χ3v) is 3.40. The van der Waals surface area contributed by atoms with E-state index in [9.17, 15) is 13.2 Å². The first kappa shape index (κ1) is 15.8. The van der Waals surface area contributed by atoms with E-state index in [0.717, 1.165) is 15.7 Å². The first-order valence-corrected chi connectivity index (χ1v) is 7.06. The summed E-state index contributed by atoms with van der Waals surface area (Å²) < 4.78 is 37.5. The van der Waals surface area contributed by atoms with Crippen LogP contribution >= 0.6 is 22.6 Å². The maximum atomic E-state index is 12.1. The largest absolute Gasteiger partial charge is 0.389 e. The quantitative estimate of drug-likeness (QED) is 0.717. The molecule has 0 amide bonds. The zero-order valence-electron chi connectivity index (χ0n) is 10.2. The summed E-state index contributed by atoms with van der Waals surface area (Å²) in [5, 5.41) is 3.23. The van der Waals surface area contributed by atoms with Gasteiger partial charge in [-0.25, -0.2) is 0 Å². The van der Waals surface area contributed by atoms with Gasteiger partial charge in [0, 0.05) is 16.0 Å². The number of hydrogen-bond acceptors (Lipinski definition) is 1. The van der Waals surface area contributed by atoms with Gasteiger partial charge in [-0.3, -0.25) is 0 Å². The summed E-state index contributed by atoms with van der Waals surface area (Å²) in [6, 6.07) is 7.91. The van der Waals surface area contributed by atoms with Gasteiger partial charge in [-0.15, -0.1) is 0 Å². The summed E-state index contributed by atoms with van der Waals surface area (Å²) in [5.74, 6) is 0. The summed E-state index contributed by atoms with van der Waals surface area (Å²) in [6.07, 6.45) is -4.09. The minimum atomic E-state index is -4.05. The molecule has 0 aliphatic rings. The lowest BCUT2D eigenvalue weighted by molar-refractivity contribution is -0.135. The standard InChI is InChI=1S/C13H17F3IN/c1-2-18-12(4-3-9-13(14,15)16)10-5-7-11(17)8-6-10/h5-8,12,18H,2-4,9H2,1H3. The summed E-state index contributed by atoms with van der Waals surface area (Å²) in [5.41, 5.74) is 1.06. The molecule has 0 aromatic heterocycles. The molecular weight excluding hydrogens is 354 g/mol. The maximum Gasteiger partial charge on any atom is 0.389 e. The van der Waals surface area contributed by atoms with Gasteiger partial charge in [0.2, 0.25) is 0 Å². The van der Waals surface area contributed by atoms with Crippen molar-refractivity contribution in [1.29, 1.82) is 0 Å². The monoisotopic (exact) mass is 371 g/mol. The van der Waals surface area contributed by atoms with E-state index in [1.807, 2.05) is 31.2 Å². The molecule has 0 aliphatic carbocycles. The summed E-state index contributed by atoms with van der Waals surface area (Å²) in [6.45, 7) is 2.71. The second-order valence-electron chi connectivity index (χ2n) is 4.17. The van der Waals surface area contributed by atoms with Crippen LogP contribution in [-0.2, 0) is 0 Å². The van der Waals surface area contributed by atoms with Gasteiger partial charge in [0.1, 0.15) is 0 Å². The van der Waals surface area contributed by atoms with E-state index >= 15 is 0 Å². The van der Waals surface area contributed by atoms with Gasteiger partial charge in [-0.1, -0.05) is 19.1 Å². The fourth-order valence-corrected chi connectivity index (χ4v) is 2.19. The second-order valence-corrected chi connectivity index (χ2v) is 5.41. The van der Waals surface area contributed by atoms with Crippen LogP contribution in [0.15, 0.2) is 24.3 Å². The Balaban J connectivity index is 2.57. The highest BCUT2D eigenvalue weighted by molar-refractivity contribution is 14.1. The molecular formula is C13H17F3IN. The molecule has 0 bridgehead atoms. The fourth-order valence-electron chi connectivity index (χ4n) is 1.83. The first-order chi connectivity index (χ1) is 8.42. The molecule has 18 heavy (non-hydrogen) atoms. The molecule has 1 aromatic rings. The van der Waals surface area contributed by atoms with Crippen molar-refractivity contribution in [2.24, 2.45) is 0 Å². The minimum Gasteiger partial charge on any atom is -0.310 e. The summed E-state index contributed by atoms with van der Waals surface area (Å²) in [7, 11) is 0. The molecule has 1 atom stereocenters. The van der Waals surface area contributed by atoms with E-state index in [2.05, 4.69) is 27.9 Å². The highest BCUT2D eigenvalue weighted by Crippen LogP contribution is 2.26. The van der Waals surface area contributed by atoms with E-state index in [0.29, 0.717) is 6.42 Å². The average molecular weight is 371 g/mol. The molecule has 0 aliphatic heterocycles. The number of nitrogens with one attached hydrogen (secondary N) is 1. The molecule has 0 fully saturated rings. The lowest BCUT2D eigenvalue weighted by Crippen LogP contribution is -2.21. The van der Waals surface area contributed by atoms with E-state index in [1.165, 1.54) is 0 Å². The lowest BCUT2D eigenvalue weighted by atomic mass is 10.0. The Morgan fingerprint density at radius 2 is 1.83 bits per heavy atom. The number of rotatable bonds is 6. The Labute approximate surface area is 119 Å². The first-order valence-electron chi connectivity index (χ1n) is 5.98. The van der Waals surface area contributed by atoms with Gasteiger partial charge >= 0.3 is 6.18 Å². The highest BCUT2D eigenvalue weighted by atomic mass is 127. The van der Waals surface area contributed by atoms with E-state index in [-0.39, 0.29) is 12.5 Å². The Bertz CT molecular complexity index is 348. The number of halogens is 4. The summed E-state index contributed by atoms with van der Waals surface area (Å²) in [4.78, 5) is 0. The topological polar surface area (TPSA) is 12.0 Å². The van der Waals surface area contributed by atoms with Gasteiger partial charge in [0.25, 0.3) is 0 Å².